The summed E-state index contributed by atoms with van der Waals surface area (Å²) in [6, 6.07) is 15.6. The van der Waals surface area contributed by atoms with E-state index in [-0.39, 0.29) is 18.3 Å². The molecule has 0 unspecified atom stereocenters. The molecule has 0 bridgehead atoms. The molecule has 2 aromatic carbocycles. The van der Waals surface area contributed by atoms with Crippen LogP contribution in [0.1, 0.15) is 18.5 Å². The van der Waals surface area contributed by atoms with Gasteiger partial charge in [-0.2, -0.15) is 0 Å². The van der Waals surface area contributed by atoms with Crippen LogP contribution >= 0.6 is 0 Å². The minimum absolute atomic E-state index is 0.0525. The third-order valence-corrected chi connectivity index (χ3v) is 3.42. The molecule has 3 N–H and O–H groups in total. The van der Waals surface area contributed by atoms with Crippen LogP contribution in [0.25, 0.3) is 0 Å². The lowest BCUT2D eigenvalue weighted by Gasteiger charge is -2.16. The molecule has 0 fully saturated rings. The first kappa shape index (κ1) is 17.9. The van der Waals surface area contributed by atoms with E-state index in [0.717, 1.165) is 5.56 Å². The van der Waals surface area contributed by atoms with Crippen LogP contribution in [-0.2, 0) is 4.79 Å². The van der Waals surface area contributed by atoms with Gasteiger partial charge in [-0.1, -0.05) is 36.4 Å². The highest BCUT2D eigenvalue weighted by atomic mass is 16.6. The van der Waals surface area contributed by atoms with Gasteiger partial charge in [-0.15, -0.1) is 4.68 Å². The van der Waals surface area contributed by atoms with E-state index < -0.39 is 10.9 Å². The molecule has 0 spiro atoms. The lowest BCUT2D eigenvalue weighted by Crippen LogP contribution is -2.34. The Morgan fingerprint density at radius 2 is 1.88 bits per heavy atom. The number of nitrogens with one attached hydrogen (secondary N) is 2. The average Bonchev–Trinajstić information content (AvgIpc) is 2.61. The molecule has 0 heterocycles. The molecule has 0 aliphatic carbocycles. The quantitative estimate of drug-likeness (QED) is 0.223. The standard InChI is InChI=1S/C17H18N4O4/c1-13(14-6-3-2-4-7-14)19-20(12-18-11-17(22)23)15-8-5-9-16(10-15)21(24)25/h2-10,12-13,19H,11H2,1H3,(H,22,23)/p+1/t13-/m0/s1. The highest BCUT2D eigenvalue weighted by Crippen LogP contribution is 2.20. The number of rotatable bonds is 8. The van der Waals surface area contributed by atoms with E-state index in [1.165, 1.54) is 23.2 Å². The van der Waals surface area contributed by atoms with Crippen molar-refractivity contribution in [2.75, 3.05) is 6.54 Å². The van der Waals surface area contributed by atoms with Crippen LogP contribution in [0.4, 0.5) is 11.4 Å². The number of hydrogen-bond donors (Lipinski definition) is 3. The molecule has 8 heteroatoms. The normalized spacial score (nSPS) is 12.3. The Balaban J connectivity index is 2.28. The molecule has 2 aromatic rings. The summed E-state index contributed by atoms with van der Waals surface area (Å²) in [4.78, 5) is 21.2. The van der Waals surface area contributed by atoms with Crippen molar-refractivity contribution in [2.45, 2.75) is 13.0 Å². The fraction of sp³-hybridized carbons (Fsp3) is 0.176. The van der Waals surface area contributed by atoms with Crippen molar-refractivity contribution in [1.29, 1.82) is 0 Å². The zero-order chi connectivity index (χ0) is 18.2. The molecule has 0 saturated heterocycles. The van der Waals surface area contributed by atoms with Gasteiger partial charge < -0.3 is 5.11 Å². The number of carboxylic acids is 1. The molecule has 0 radical (unpaired) electrons. The third kappa shape index (κ3) is 5.31. The molecule has 0 saturated carbocycles. The molecular formula is C17H19N4O4+. The maximum atomic E-state index is 11.0. The molecule has 0 aliphatic heterocycles. The lowest BCUT2D eigenvalue weighted by molar-refractivity contribution is -0.513. The van der Waals surface area contributed by atoms with E-state index >= 15 is 0 Å². The number of hydrazine groups is 1. The first-order valence-corrected chi connectivity index (χ1v) is 7.60. The Morgan fingerprint density at radius 1 is 1.20 bits per heavy atom. The van der Waals surface area contributed by atoms with E-state index in [2.05, 4.69) is 10.7 Å². The van der Waals surface area contributed by atoms with Crippen LogP contribution < -0.4 is 10.7 Å². The number of nitrogens with zero attached hydrogens (tertiary/aromatic N) is 2. The third-order valence-electron chi connectivity index (χ3n) is 3.42. The average molecular weight is 343 g/mol. The van der Waals surface area contributed by atoms with Crippen molar-refractivity contribution in [3.8, 4) is 0 Å². The van der Waals surface area contributed by atoms with Crippen molar-refractivity contribution in [3.05, 3.63) is 70.3 Å². The Bertz CT molecular complexity index is 777. The number of nitro groups is 1. The second-order valence-corrected chi connectivity index (χ2v) is 5.31. The maximum absolute atomic E-state index is 11.0. The van der Waals surface area contributed by atoms with Gasteiger partial charge in [-0.3, -0.25) is 15.4 Å². The van der Waals surface area contributed by atoms with Gasteiger partial charge in [0.15, 0.2) is 12.2 Å². The summed E-state index contributed by atoms with van der Waals surface area (Å²) in [6.07, 6.45) is 1.44. The monoisotopic (exact) mass is 343 g/mol. The zero-order valence-electron chi connectivity index (χ0n) is 13.6. The highest BCUT2D eigenvalue weighted by molar-refractivity contribution is 5.72. The molecule has 0 aromatic heterocycles. The number of aliphatic carboxylic acids is 1. The summed E-state index contributed by atoms with van der Waals surface area (Å²) in [5, 5.41) is 22.4. The summed E-state index contributed by atoms with van der Waals surface area (Å²) in [7, 11) is 0. The van der Waals surface area contributed by atoms with Crippen LogP contribution in [-0.4, -0.2) is 33.6 Å². The molecule has 25 heavy (non-hydrogen) atoms. The largest absolute Gasteiger partial charge is 0.478 e. The maximum Gasteiger partial charge on any atom is 0.345 e. The number of hydrazone groups is 1. The fourth-order valence-corrected chi connectivity index (χ4v) is 2.19. The van der Waals surface area contributed by atoms with E-state index in [1.807, 2.05) is 37.3 Å². The zero-order valence-corrected chi connectivity index (χ0v) is 13.6. The van der Waals surface area contributed by atoms with Crippen molar-refractivity contribution in [3.63, 3.8) is 0 Å². The molecule has 0 amide bonds. The van der Waals surface area contributed by atoms with Gasteiger partial charge in [0.2, 0.25) is 0 Å². The minimum Gasteiger partial charge on any atom is -0.478 e. The van der Waals surface area contributed by atoms with Crippen LogP contribution in [0.15, 0.2) is 54.6 Å². The van der Waals surface area contributed by atoms with E-state index in [1.54, 1.807) is 12.1 Å². The van der Waals surface area contributed by atoms with Gasteiger partial charge in [-0.25, -0.2) is 10.2 Å². The molecule has 8 nitrogen and oxygen atoms in total. The van der Waals surface area contributed by atoms with Gasteiger partial charge in [0.1, 0.15) is 0 Å². The van der Waals surface area contributed by atoms with Gasteiger partial charge in [0.25, 0.3) is 12.0 Å². The van der Waals surface area contributed by atoms with Crippen LogP contribution in [0.3, 0.4) is 0 Å². The predicted molar refractivity (Wildman–Crippen MR) is 92.7 cm³/mol. The smallest absolute Gasteiger partial charge is 0.345 e. The Hall–Kier alpha value is -3.42. The Kier molecular flexibility index (Phi) is 6.05. The second-order valence-electron chi connectivity index (χ2n) is 5.31. The first-order chi connectivity index (χ1) is 12.0. The van der Waals surface area contributed by atoms with Gasteiger partial charge in [0.05, 0.1) is 17.0 Å². The predicted octanol–water partition coefficient (Wildman–Crippen LogP) is 2.21. The number of nitro benzene ring substituents is 1. The highest BCUT2D eigenvalue weighted by Gasteiger charge is 2.15. The second kappa shape index (κ2) is 8.44. The first-order valence-electron chi connectivity index (χ1n) is 7.60. The number of non-ortho nitro benzene ring substituents is 1. The van der Waals surface area contributed by atoms with Crippen molar-refractivity contribution >= 4 is 23.7 Å². The number of hydrogen-bond acceptors (Lipinski definition) is 4. The fourth-order valence-electron chi connectivity index (χ4n) is 2.19. The topological polar surface area (TPSA) is 108 Å². The van der Waals surface area contributed by atoms with Crippen LogP contribution in [0.5, 0.6) is 0 Å². The SMILES string of the molecule is C[C@H](N[N+](=CNCC(=O)O)c1cccc([N+](=O)[O-])c1)c1ccccc1. The van der Waals surface area contributed by atoms with Crippen LogP contribution in [0.2, 0.25) is 0 Å². The van der Waals surface area contributed by atoms with Gasteiger partial charge >= 0.3 is 5.97 Å². The van der Waals surface area contributed by atoms with Gasteiger partial charge in [0, 0.05) is 6.07 Å². The summed E-state index contributed by atoms with van der Waals surface area (Å²) in [6.45, 7) is 1.66. The summed E-state index contributed by atoms with van der Waals surface area (Å²) in [5.41, 5.74) is 4.66. The summed E-state index contributed by atoms with van der Waals surface area (Å²) < 4.78 is 1.54. The van der Waals surface area contributed by atoms with E-state index in [0.29, 0.717) is 5.69 Å². The molecule has 0 aliphatic rings. The van der Waals surface area contributed by atoms with E-state index in [9.17, 15) is 14.9 Å². The number of benzene rings is 2. The number of carboxylic acid groups (broad SMARTS) is 1. The van der Waals surface area contributed by atoms with Crippen LogP contribution in [0, 0.1) is 10.1 Å². The lowest BCUT2D eigenvalue weighted by atomic mass is 10.1. The van der Waals surface area contributed by atoms with Gasteiger partial charge in [-0.05, 0) is 18.6 Å². The molecule has 2 rings (SSSR count). The number of carbonyl (C=O) groups is 1. The van der Waals surface area contributed by atoms with E-state index in [4.69, 9.17) is 5.11 Å². The molecular weight excluding hydrogens is 324 g/mol. The Labute approximate surface area is 144 Å². The molecule has 130 valence electrons. The molecule has 1 atom stereocenters. The van der Waals surface area contributed by atoms with Crippen molar-refractivity contribution in [2.24, 2.45) is 0 Å². The minimum atomic E-state index is -1.01. The summed E-state index contributed by atoms with van der Waals surface area (Å²) in [5.74, 6) is -1.01. The Morgan fingerprint density at radius 3 is 2.52 bits per heavy atom. The van der Waals surface area contributed by atoms with Crippen molar-refractivity contribution in [1.82, 2.24) is 10.7 Å². The van der Waals surface area contributed by atoms with Crippen molar-refractivity contribution < 1.29 is 19.5 Å². The summed E-state index contributed by atoms with van der Waals surface area (Å²) >= 11 is 0.